The molecular formula is C19H29N3O. The highest BCUT2D eigenvalue weighted by Crippen LogP contribution is 2.40. The lowest BCUT2D eigenvalue weighted by molar-refractivity contribution is 0.163. The number of rotatable bonds is 4. The molecule has 3 aliphatic heterocycles. The Bertz CT molecular complexity index is 527. The molecule has 4 heteroatoms. The maximum Gasteiger partial charge on any atom is 0.0679 e. The van der Waals surface area contributed by atoms with Crippen LogP contribution in [0.3, 0.4) is 0 Å². The fourth-order valence-electron chi connectivity index (χ4n) is 4.67. The Kier molecular flexibility index (Phi) is 4.56. The summed E-state index contributed by atoms with van der Waals surface area (Å²) >= 11 is 0. The second-order valence-electron chi connectivity index (χ2n) is 7.54. The summed E-state index contributed by atoms with van der Waals surface area (Å²) in [6.45, 7) is 5.54. The van der Waals surface area contributed by atoms with Crippen molar-refractivity contribution in [1.29, 1.82) is 0 Å². The molecule has 0 spiro atoms. The van der Waals surface area contributed by atoms with Crippen LogP contribution in [-0.4, -0.2) is 54.9 Å². The van der Waals surface area contributed by atoms with Crippen molar-refractivity contribution in [2.24, 2.45) is 5.92 Å². The third-order valence-electron chi connectivity index (χ3n) is 6.07. The van der Waals surface area contributed by atoms with Crippen LogP contribution in [0.15, 0.2) is 24.3 Å². The second-order valence-corrected chi connectivity index (χ2v) is 7.54. The van der Waals surface area contributed by atoms with Crippen molar-refractivity contribution in [3.8, 4) is 0 Å². The zero-order chi connectivity index (χ0) is 15.6. The predicted molar refractivity (Wildman–Crippen MR) is 93.9 cm³/mol. The number of nitrogens with one attached hydrogen (secondary N) is 2. The molecular weight excluding hydrogens is 286 g/mol. The molecule has 3 N–H and O–H groups in total. The van der Waals surface area contributed by atoms with Crippen LogP contribution < -0.4 is 10.6 Å². The van der Waals surface area contributed by atoms with E-state index in [2.05, 4.69) is 39.8 Å². The van der Waals surface area contributed by atoms with Gasteiger partial charge in [-0.3, -0.25) is 0 Å². The zero-order valence-electron chi connectivity index (χ0n) is 13.9. The summed E-state index contributed by atoms with van der Waals surface area (Å²) in [6, 6.07) is 9.35. The van der Waals surface area contributed by atoms with Gasteiger partial charge >= 0.3 is 0 Å². The van der Waals surface area contributed by atoms with E-state index >= 15 is 0 Å². The van der Waals surface area contributed by atoms with Crippen LogP contribution in [0.5, 0.6) is 0 Å². The van der Waals surface area contributed by atoms with Crippen molar-refractivity contribution >= 4 is 5.69 Å². The molecule has 0 aromatic heterocycles. The topological polar surface area (TPSA) is 47.5 Å². The quantitative estimate of drug-likeness (QED) is 0.796. The first-order valence-corrected chi connectivity index (χ1v) is 9.26. The average molecular weight is 315 g/mol. The molecule has 2 fully saturated rings. The van der Waals surface area contributed by atoms with Gasteiger partial charge in [-0.15, -0.1) is 0 Å². The molecule has 23 heavy (non-hydrogen) atoms. The number of aliphatic hydroxyl groups is 1. The molecule has 3 heterocycles. The summed E-state index contributed by atoms with van der Waals surface area (Å²) in [7, 11) is 0. The molecule has 0 amide bonds. The van der Waals surface area contributed by atoms with Gasteiger partial charge in [0.1, 0.15) is 0 Å². The molecule has 126 valence electrons. The first-order valence-electron chi connectivity index (χ1n) is 9.26. The van der Waals surface area contributed by atoms with Gasteiger partial charge in [-0.1, -0.05) is 18.2 Å². The largest absolute Gasteiger partial charge is 0.392 e. The van der Waals surface area contributed by atoms with E-state index in [0.29, 0.717) is 12.0 Å². The maximum atomic E-state index is 9.59. The van der Waals surface area contributed by atoms with Crippen LogP contribution in [0.4, 0.5) is 5.69 Å². The van der Waals surface area contributed by atoms with E-state index in [1.54, 1.807) is 0 Å². The maximum absolute atomic E-state index is 9.59. The fraction of sp³-hybridized carbons (Fsp3) is 0.684. The predicted octanol–water partition coefficient (Wildman–Crippen LogP) is 2.02. The fourth-order valence-corrected chi connectivity index (χ4v) is 4.67. The zero-order valence-corrected chi connectivity index (χ0v) is 13.9. The highest BCUT2D eigenvalue weighted by molar-refractivity contribution is 5.57. The van der Waals surface area contributed by atoms with Gasteiger partial charge in [0, 0.05) is 30.7 Å². The Morgan fingerprint density at radius 2 is 1.96 bits per heavy atom. The summed E-state index contributed by atoms with van der Waals surface area (Å²) in [5.41, 5.74) is 2.89. The number of hydrogen-bond donors (Lipinski definition) is 3. The van der Waals surface area contributed by atoms with Crippen molar-refractivity contribution in [2.45, 2.75) is 43.7 Å². The highest BCUT2D eigenvalue weighted by Gasteiger charge is 2.32. The van der Waals surface area contributed by atoms with Crippen LogP contribution in [0, 0.1) is 5.92 Å². The molecule has 1 unspecified atom stereocenters. The molecule has 0 bridgehead atoms. The standard InChI is InChI=1S/C19H29N3O/c23-16-11-15(20-12-16)7-10-22-8-5-14(6-9-22)18-13-21-19-4-2-1-3-17(18)19/h1-4,14-16,18,20-21,23H,5-13H2/t15-,16-,18?/m1/s1. The summed E-state index contributed by atoms with van der Waals surface area (Å²) < 4.78 is 0. The molecule has 0 saturated carbocycles. The lowest BCUT2D eigenvalue weighted by Gasteiger charge is -2.35. The Morgan fingerprint density at radius 3 is 2.74 bits per heavy atom. The minimum absolute atomic E-state index is 0.124. The number of nitrogens with zero attached hydrogens (tertiary/aromatic N) is 1. The number of para-hydroxylation sites is 1. The molecule has 0 radical (unpaired) electrons. The Balaban J connectivity index is 1.25. The SMILES string of the molecule is O[C@H]1CN[C@H](CCN2CCC(C3CNc4ccccc43)CC2)C1. The van der Waals surface area contributed by atoms with Crippen LogP contribution in [0.1, 0.15) is 37.2 Å². The number of β-amino-alcohol motifs (C(OH)–C–C–N with tert-alkyl or cyclic N) is 1. The van der Waals surface area contributed by atoms with E-state index in [1.165, 1.54) is 50.1 Å². The van der Waals surface area contributed by atoms with Crippen molar-refractivity contribution in [3.05, 3.63) is 29.8 Å². The van der Waals surface area contributed by atoms with Gasteiger partial charge in [-0.2, -0.15) is 0 Å². The first kappa shape index (κ1) is 15.4. The molecule has 4 rings (SSSR count). The van der Waals surface area contributed by atoms with Crippen LogP contribution in [0.2, 0.25) is 0 Å². The molecule has 3 atom stereocenters. The molecule has 4 nitrogen and oxygen atoms in total. The number of fused-ring (bicyclic) bond motifs is 1. The van der Waals surface area contributed by atoms with Crippen molar-refractivity contribution < 1.29 is 5.11 Å². The van der Waals surface area contributed by atoms with Crippen molar-refractivity contribution in [3.63, 3.8) is 0 Å². The molecule has 3 aliphatic rings. The Labute approximate surface area is 139 Å². The van der Waals surface area contributed by atoms with Gasteiger partial charge in [0.25, 0.3) is 0 Å². The second kappa shape index (κ2) is 6.80. The van der Waals surface area contributed by atoms with E-state index in [4.69, 9.17) is 0 Å². The summed E-state index contributed by atoms with van der Waals surface area (Å²) in [4.78, 5) is 2.62. The van der Waals surface area contributed by atoms with Gasteiger partial charge < -0.3 is 20.6 Å². The van der Waals surface area contributed by atoms with Crippen LogP contribution in [0.25, 0.3) is 0 Å². The number of benzene rings is 1. The first-order chi connectivity index (χ1) is 11.3. The van der Waals surface area contributed by atoms with E-state index < -0.39 is 0 Å². The van der Waals surface area contributed by atoms with Gasteiger partial charge in [0.2, 0.25) is 0 Å². The van der Waals surface area contributed by atoms with E-state index in [-0.39, 0.29) is 6.10 Å². The van der Waals surface area contributed by atoms with E-state index in [9.17, 15) is 5.11 Å². The van der Waals surface area contributed by atoms with Crippen LogP contribution in [-0.2, 0) is 0 Å². The minimum atomic E-state index is -0.124. The molecule has 1 aromatic rings. The highest BCUT2D eigenvalue weighted by atomic mass is 16.3. The Hall–Kier alpha value is -1.10. The smallest absolute Gasteiger partial charge is 0.0679 e. The molecule has 1 aromatic carbocycles. The monoisotopic (exact) mass is 315 g/mol. The van der Waals surface area contributed by atoms with E-state index in [0.717, 1.165) is 25.4 Å². The van der Waals surface area contributed by atoms with Crippen LogP contribution >= 0.6 is 0 Å². The number of aliphatic hydroxyl groups excluding tert-OH is 1. The van der Waals surface area contributed by atoms with Crippen molar-refractivity contribution in [2.75, 3.05) is 38.0 Å². The molecule has 0 aliphatic carbocycles. The average Bonchev–Trinajstić information content (AvgIpc) is 3.20. The lowest BCUT2D eigenvalue weighted by atomic mass is 9.81. The number of piperidine rings is 1. The summed E-state index contributed by atoms with van der Waals surface area (Å²) in [6.07, 6.45) is 4.62. The third-order valence-corrected chi connectivity index (χ3v) is 6.07. The number of anilines is 1. The van der Waals surface area contributed by atoms with Crippen molar-refractivity contribution in [1.82, 2.24) is 10.2 Å². The summed E-state index contributed by atoms with van der Waals surface area (Å²) in [5, 5.41) is 16.6. The Morgan fingerprint density at radius 1 is 1.13 bits per heavy atom. The normalized spacial score (nSPS) is 32.0. The molecule has 2 saturated heterocycles. The van der Waals surface area contributed by atoms with E-state index in [1.807, 2.05) is 0 Å². The third kappa shape index (κ3) is 3.39. The van der Waals surface area contributed by atoms with Gasteiger partial charge in [0.15, 0.2) is 0 Å². The van der Waals surface area contributed by atoms with Gasteiger partial charge in [-0.25, -0.2) is 0 Å². The number of likely N-dealkylation sites (tertiary alicyclic amines) is 1. The van der Waals surface area contributed by atoms with Gasteiger partial charge in [-0.05, 0) is 62.9 Å². The number of hydrogen-bond acceptors (Lipinski definition) is 4. The lowest BCUT2D eigenvalue weighted by Crippen LogP contribution is -2.38. The van der Waals surface area contributed by atoms with Gasteiger partial charge in [0.05, 0.1) is 6.10 Å². The minimum Gasteiger partial charge on any atom is -0.392 e. The summed E-state index contributed by atoms with van der Waals surface area (Å²) in [5.74, 6) is 1.54.